The van der Waals surface area contributed by atoms with E-state index < -0.39 is 5.54 Å². The Balaban J connectivity index is 1.70. The standard InChI is InChI=1S/C20H37N5O2/c1-6-20(4)17(26)25(19(27)24-20)13-7-12-22-18(21-5)23-16-10-8-15(9-11-16)14(2)3/h14-16H,6-13H2,1-5H3,(H,24,27)(H2,21,22,23). The zero-order valence-corrected chi connectivity index (χ0v) is 17.6. The third-order valence-corrected chi connectivity index (χ3v) is 6.18. The number of nitrogens with zero attached hydrogens (tertiary/aromatic N) is 2. The van der Waals surface area contributed by atoms with Gasteiger partial charge in [0.2, 0.25) is 0 Å². The van der Waals surface area contributed by atoms with Crippen LogP contribution in [0.4, 0.5) is 4.79 Å². The minimum absolute atomic E-state index is 0.126. The first-order valence-electron chi connectivity index (χ1n) is 10.4. The minimum atomic E-state index is -0.753. The molecule has 1 aliphatic heterocycles. The average Bonchev–Trinajstić information content (AvgIpc) is 2.87. The van der Waals surface area contributed by atoms with Crippen LogP contribution in [0, 0.1) is 11.8 Å². The molecule has 0 bridgehead atoms. The van der Waals surface area contributed by atoms with Crippen molar-refractivity contribution < 1.29 is 9.59 Å². The molecule has 7 nitrogen and oxygen atoms in total. The minimum Gasteiger partial charge on any atom is -0.356 e. The summed E-state index contributed by atoms with van der Waals surface area (Å²) >= 11 is 0. The Bertz CT molecular complexity index is 555. The van der Waals surface area contributed by atoms with Gasteiger partial charge in [-0.05, 0) is 57.3 Å². The van der Waals surface area contributed by atoms with Crippen molar-refractivity contribution in [3.63, 3.8) is 0 Å². The van der Waals surface area contributed by atoms with Crippen molar-refractivity contribution in [2.24, 2.45) is 16.8 Å². The first kappa shape index (κ1) is 21.5. The lowest BCUT2D eigenvalue weighted by Crippen LogP contribution is -2.46. The normalized spacial score (nSPS) is 29.3. The molecule has 1 aliphatic carbocycles. The van der Waals surface area contributed by atoms with Crippen molar-refractivity contribution in [3.05, 3.63) is 0 Å². The van der Waals surface area contributed by atoms with Crippen LogP contribution in [0.2, 0.25) is 0 Å². The van der Waals surface area contributed by atoms with Gasteiger partial charge in [0.15, 0.2) is 5.96 Å². The Morgan fingerprint density at radius 3 is 2.48 bits per heavy atom. The fourth-order valence-corrected chi connectivity index (χ4v) is 3.95. The van der Waals surface area contributed by atoms with Gasteiger partial charge in [0.1, 0.15) is 5.54 Å². The summed E-state index contributed by atoms with van der Waals surface area (Å²) in [5, 5.41) is 9.61. The molecule has 0 aromatic heterocycles. The predicted octanol–water partition coefficient (Wildman–Crippen LogP) is 2.48. The van der Waals surface area contributed by atoms with E-state index in [2.05, 4.69) is 34.8 Å². The van der Waals surface area contributed by atoms with Gasteiger partial charge in [-0.15, -0.1) is 0 Å². The van der Waals surface area contributed by atoms with Gasteiger partial charge >= 0.3 is 6.03 Å². The van der Waals surface area contributed by atoms with Crippen LogP contribution in [0.25, 0.3) is 0 Å². The molecule has 1 atom stereocenters. The molecule has 0 aromatic carbocycles. The van der Waals surface area contributed by atoms with Gasteiger partial charge < -0.3 is 16.0 Å². The maximum Gasteiger partial charge on any atom is 0.325 e. The smallest absolute Gasteiger partial charge is 0.325 e. The number of nitrogens with one attached hydrogen (secondary N) is 3. The van der Waals surface area contributed by atoms with Crippen molar-refractivity contribution in [2.45, 2.75) is 77.8 Å². The van der Waals surface area contributed by atoms with Crippen LogP contribution in [0.1, 0.15) is 66.2 Å². The highest BCUT2D eigenvalue weighted by atomic mass is 16.2. The number of guanidine groups is 1. The van der Waals surface area contributed by atoms with Crippen LogP contribution in [-0.4, -0.2) is 54.5 Å². The van der Waals surface area contributed by atoms with Gasteiger partial charge in [0.05, 0.1) is 0 Å². The molecule has 0 radical (unpaired) electrons. The van der Waals surface area contributed by atoms with Crippen molar-refractivity contribution in [2.75, 3.05) is 20.1 Å². The van der Waals surface area contributed by atoms with Gasteiger partial charge in [0, 0.05) is 26.2 Å². The van der Waals surface area contributed by atoms with Gasteiger partial charge in [-0.25, -0.2) is 4.79 Å². The average molecular weight is 380 g/mol. The molecule has 1 heterocycles. The zero-order valence-electron chi connectivity index (χ0n) is 17.6. The second-order valence-electron chi connectivity index (χ2n) is 8.43. The highest BCUT2D eigenvalue weighted by Gasteiger charge is 2.45. The highest BCUT2D eigenvalue weighted by molar-refractivity contribution is 6.06. The molecule has 0 spiro atoms. The van der Waals surface area contributed by atoms with Gasteiger partial charge in [-0.1, -0.05) is 20.8 Å². The number of carbonyl (C=O) groups is 2. The third kappa shape index (κ3) is 5.36. The molecule has 27 heavy (non-hydrogen) atoms. The Labute approximate surface area is 163 Å². The predicted molar refractivity (Wildman–Crippen MR) is 109 cm³/mol. The molecule has 3 amide bonds. The molecular weight excluding hydrogens is 342 g/mol. The maximum atomic E-state index is 12.4. The monoisotopic (exact) mass is 379 g/mol. The van der Waals surface area contributed by atoms with E-state index in [1.165, 1.54) is 30.6 Å². The van der Waals surface area contributed by atoms with Crippen LogP contribution in [0.15, 0.2) is 4.99 Å². The molecule has 1 saturated carbocycles. The largest absolute Gasteiger partial charge is 0.356 e. The fourth-order valence-electron chi connectivity index (χ4n) is 3.95. The SMILES string of the molecule is CCC1(C)NC(=O)N(CCCNC(=NC)NC2CCC(C(C)C)CC2)C1=O. The van der Waals surface area contributed by atoms with Gasteiger partial charge in [-0.2, -0.15) is 0 Å². The third-order valence-electron chi connectivity index (χ3n) is 6.18. The molecule has 154 valence electrons. The Morgan fingerprint density at radius 1 is 1.30 bits per heavy atom. The number of aliphatic imine (C=N–C) groups is 1. The quantitative estimate of drug-likeness (QED) is 0.275. The maximum absolute atomic E-state index is 12.4. The molecule has 2 rings (SSSR count). The van der Waals surface area contributed by atoms with Crippen molar-refractivity contribution in [1.82, 2.24) is 20.9 Å². The van der Waals surface area contributed by atoms with Gasteiger partial charge in [0.25, 0.3) is 5.91 Å². The molecule has 1 saturated heterocycles. The van der Waals surface area contributed by atoms with Crippen LogP contribution in [-0.2, 0) is 4.79 Å². The number of rotatable bonds is 7. The molecule has 7 heteroatoms. The molecule has 1 unspecified atom stereocenters. The zero-order chi connectivity index (χ0) is 20.0. The summed E-state index contributed by atoms with van der Waals surface area (Å²) in [6.07, 6.45) is 6.20. The Morgan fingerprint density at radius 2 is 1.96 bits per heavy atom. The summed E-state index contributed by atoms with van der Waals surface area (Å²) in [7, 11) is 1.78. The number of urea groups is 1. The Hall–Kier alpha value is -1.79. The lowest BCUT2D eigenvalue weighted by molar-refractivity contribution is -0.130. The van der Waals surface area contributed by atoms with E-state index in [0.717, 1.165) is 17.8 Å². The number of amides is 3. The summed E-state index contributed by atoms with van der Waals surface area (Å²) < 4.78 is 0. The van der Waals surface area contributed by atoms with Crippen molar-refractivity contribution >= 4 is 17.9 Å². The van der Waals surface area contributed by atoms with Crippen LogP contribution in [0.5, 0.6) is 0 Å². The lowest BCUT2D eigenvalue weighted by Gasteiger charge is -2.32. The van der Waals surface area contributed by atoms with E-state index >= 15 is 0 Å². The summed E-state index contributed by atoms with van der Waals surface area (Å²) in [6, 6.07) is 0.191. The van der Waals surface area contributed by atoms with E-state index in [4.69, 9.17) is 0 Å². The number of imide groups is 1. The first-order chi connectivity index (χ1) is 12.8. The number of hydrogen-bond acceptors (Lipinski definition) is 3. The van der Waals surface area contributed by atoms with E-state index in [9.17, 15) is 9.59 Å². The lowest BCUT2D eigenvalue weighted by atomic mass is 9.80. The molecule has 2 fully saturated rings. The summed E-state index contributed by atoms with van der Waals surface area (Å²) in [6.45, 7) is 9.41. The van der Waals surface area contributed by atoms with E-state index in [-0.39, 0.29) is 11.9 Å². The summed E-state index contributed by atoms with van der Waals surface area (Å²) in [5.41, 5.74) is -0.753. The van der Waals surface area contributed by atoms with Crippen LogP contribution < -0.4 is 16.0 Å². The topological polar surface area (TPSA) is 85.8 Å². The van der Waals surface area contributed by atoms with Crippen molar-refractivity contribution in [3.8, 4) is 0 Å². The van der Waals surface area contributed by atoms with E-state index in [1.807, 2.05) is 6.92 Å². The molecule has 0 aromatic rings. The first-order valence-corrected chi connectivity index (χ1v) is 10.4. The van der Waals surface area contributed by atoms with E-state index in [0.29, 0.717) is 32.0 Å². The number of carbonyl (C=O) groups excluding carboxylic acids is 2. The van der Waals surface area contributed by atoms with Crippen LogP contribution >= 0.6 is 0 Å². The summed E-state index contributed by atoms with van der Waals surface area (Å²) in [4.78, 5) is 30.0. The molecular formula is C20H37N5O2. The Kier molecular flexibility index (Phi) is 7.50. The number of hydrogen-bond donors (Lipinski definition) is 3. The van der Waals surface area contributed by atoms with Crippen molar-refractivity contribution in [1.29, 1.82) is 0 Å². The second-order valence-corrected chi connectivity index (χ2v) is 8.43. The van der Waals surface area contributed by atoms with Gasteiger partial charge in [-0.3, -0.25) is 14.7 Å². The summed E-state index contributed by atoms with van der Waals surface area (Å²) in [5.74, 6) is 2.29. The second kappa shape index (κ2) is 9.42. The van der Waals surface area contributed by atoms with Crippen LogP contribution in [0.3, 0.4) is 0 Å². The molecule has 3 N–H and O–H groups in total. The molecule has 2 aliphatic rings. The highest BCUT2D eigenvalue weighted by Crippen LogP contribution is 2.29. The van der Waals surface area contributed by atoms with E-state index in [1.54, 1.807) is 14.0 Å². The fraction of sp³-hybridized carbons (Fsp3) is 0.850.